The Labute approximate surface area is 174 Å². The van der Waals surface area contributed by atoms with Crippen LogP contribution in [0.1, 0.15) is 21.6 Å². The van der Waals surface area contributed by atoms with Crippen molar-refractivity contribution in [3.05, 3.63) is 64.7 Å². The predicted octanol–water partition coefficient (Wildman–Crippen LogP) is 4.22. The summed E-state index contributed by atoms with van der Waals surface area (Å²) in [7, 11) is 0. The first kappa shape index (κ1) is 23.6. The van der Waals surface area contributed by atoms with Crippen molar-refractivity contribution < 1.29 is 31.1 Å². The van der Waals surface area contributed by atoms with Crippen LogP contribution >= 0.6 is 11.6 Å². The maximum Gasteiger partial charge on any atom is 0.455 e. The topological polar surface area (TPSA) is 110 Å². The summed E-state index contributed by atoms with van der Waals surface area (Å²) in [6.07, 6.45) is -6.26. The molecule has 0 aliphatic heterocycles. The SMILES string of the molecule is N#Cc1nn(-c2ncc(C(F)(F)F)cc2Cl)c(N)c1C(=O)C(F)(F)F.c1ccncc1. The fourth-order valence-corrected chi connectivity index (χ4v) is 2.34. The average molecular weight is 463 g/mol. The largest absolute Gasteiger partial charge is 0.455 e. The lowest BCUT2D eigenvalue weighted by atomic mass is 10.1. The number of hydrogen-bond acceptors (Lipinski definition) is 6. The van der Waals surface area contributed by atoms with Gasteiger partial charge in [-0.3, -0.25) is 9.78 Å². The minimum atomic E-state index is -5.34. The second-order valence-electron chi connectivity index (χ2n) is 5.51. The molecule has 31 heavy (non-hydrogen) atoms. The molecule has 0 radical (unpaired) electrons. The van der Waals surface area contributed by atoms with Crippen molar-refractivity contribution in [1.29, 1.82) is 5.26 Å². The lowest BCUT2D eigenvalue weighted by molar-refractivity contribution is -0.137. The fraction of sp³-hybridized carbons (Fsp3) is 0.118. The predicted molar refractivity (Wildman–Crippen MR) is 95.1 cm³/mol. The molecular weight excluding hydrogens is 454 g/mol. The number of nitriles is 1. The number of rotatable bonds is 2. The molecule has 0 spiro atoms. The number of Topliss-reactive ketones (excluding diaryl/α,β-unsaturated/α-hetero) is 1. The van der Waals surface area contributed by atoms with Crippen LogP contribution in [0.4, 0.5) is 32.2 Å². The number of nitrogen functional groups attached to an aromatic ring is 1. The van der Waals surface area contributed by atoms with Crippen molar-refractivity contribution in [1.82, 2.24) is 19.7 Å². The van der Waals surface area contributed by atoms with E-state index in [-0.39, 0.29) is 0 Å². The van der Waals surface area contributed by atoms with Crippen molar-refractivity contribution in [2.45, 2.75) is 12.4 Å². The van der Waals surface area contributed by atoms with E-state index in [1.807, 2.05) is 18.2 Å². The van der Waals surface area contributed by atoms with Gasteiger partial charge in [0, 0.05) is 18.6 Å². The highest BCUT2D eigenvalue weighted by atomic mass is 35.5. The molecule has 0 fully saturated rings. The van der Waals surface area contributed by atoms with Gasteiger partial charge in [-0.2, -0.15) is 41.4 Å². The van der Waals surface area contributed by atoms with E-state index >= 15 is 0 Å². The first-order chi connectivity index (χ1) is 14.4. The Bertz CT molecular complexity index is 1090. The molecule has 0 aliphatic rings. The quantitative estimate of drug-likeness (QED) is 0.451. The Kier molecular flexibility index (Phi) is 6.86. The van der Waals surface area contributed by atoms with Crippen LogP contribution in [-0.2, 0) is 6.18 Å². The Hall–Kier alpha value is -3.66. The molecule has 0 bridgehead atoms. The molecule has 0 atom stereocenters. The Morgan fingerprint density at radius 3 is 2.13 bits per heavy atom. The minimum Gasteiger partial charge on any atom is -0.383 e. The van der Waals surface area contributed by atoms with Crippen LogP contribution in [0.2, 0.25) is 5.02 Å². The van der Waals surface area contributed by atoms with Gasteiger partial charge < -0.3 is 5.73 Å². The highest BCUT2D eigenvalue weighted by Crippen LogP contribution is 2.34. The highest BCUT2D eigenvalue weighted by molar-refractivity contribution is 6.32. The van der Waals surface area contributed by atoms with Gasteiger partial charge in [0.1, 0.15) is 17.5 Å². The summed E-state index contributed by atoms with van der Waals surface area (Å²) in [6.45, 7) is 0. The lowest BCUT2D eigenvalue weighted by Crippen LogP contribution is -2.24. The fourth-order valence-electron chi connectivity index (χ4n) is 2.09. The molecule has 162 valence electrons. The van der Waals surface area contributed by atoms with Crippen LogP contribution in [0, 0.1) is 11.3 Å². The molecule has 3 heterocycles. The standard InChI is InChI=1S/C12H4ClF6N5O.C5H5N/c13-5-1-4(11(14,15)16)3-22-10(5)24-9(21)7(6(2-20)23-24)8(25)12(17,18)19;1-2-4-6-5-3-1/h1,3H,21H2;1-5H. The van der Waals surface area contributed by atoms with Gasteiger partial charge in [0.25, 0.3) is 5.78 Å². The third-order valence-corrected chi connectivity index (χ3v) is 3.71. The van der Waals surface area contributed by atoms with Gasteiger partial charge in [0.05, 0.1) is 10.6 Å². The van der Waals surface area contributed by atoms with Crippen molar-refractivity contribution in [3.63, 3.8) is 0 Å². The van der Waals surface area contributed by atoms with Crippen LogP contribution in [0.25, 0.3) is 5.82 Å². The third-order valence-electron chi connectivity index (χ3n) is 3.43. The Balaban J connectivity index is 0.000000488. The van der Waals surface area contributed by atoms with Gasteiger partial charge in [0.15, 0.2) is 11.5 Å². The van der Waals surface area contributed by atoms with Crippen LogP contribution in [-0.4, -0.2) is 31.7 Å². The van der Waals surface area contributed by atoms with Crippen LogP contribution < -0.4 is 5.73 Å². The number of aromatic nitrogens is 4. The normalized spacial score (nSPS) is 11.3. The van der Waals surface area contributed by atoms with Gasteiger partial charge in [-0.05, 0) is 18.2 Å². The van der Waals surface area contributed by atoms with E-state index in [2.05, 4.69) is 15.1 Å². The number of anilines is 1. The number of nitrogens with zero attached hydrogens (tertiary/aromatic N) is 5. The van der Waals surface area contributed by atoms with Gasteiger partial charge in [-0.1, -0.05) is 17.7 Å². The van der Waals surface area contributed by atoms with Gasteiger partial charge in [-0.15, -0.1) is 0 Å². The summed E-state index contributed by atoms with van der Waals surface area (Å²) >= 11 is 5.65. The summed E-state index contributed by atoms with van der Waals surface area (Å²) in [5, 5.41) is 11.5. The van der Waals surface area contributed by atoms with Crippen LogP contribution in [0.3, 0.4) is 0 Å². The van der Waals surface area contributed by atoms with Crippen molar-refractivity contribution >= 4 is 23.2 Å². The van der Waals surface area contributed by atoms with E-state index in [1.165, 1.54) is 6.07 Å². The number of alkyl halides is 6. The number of halogens is 7. The van der Waals surface area contributed by atoms with Gasteiger partial charge >= 0.3 is 12.4 Å². The monoisotopic (exact) mass is 462 g/mol. The lowest BCUT2D eigenvalue weighted by Gasteiger charge is -2.10. The zero-order chi connectivity index (χ0) is 23.4. The molecule has 7 nitrogen and oxygen atoms in total. The second-order valence-corrected chi connectivity index (χ2v) is 5.92. The maximum atomic E-state index is 12.6. The van der Waals surface area contributed by atoms with E-state index in [0.717, 1.165) is 0 Å². The zero-order valence-corrected chi connectivity index (χ0v) is 15.7. The first-order valence-electron chi connectivity index (χ1n) is 7.86. The van der Waals surface area contributed by atoms with E-state index in [4.69, 9.17) is 22.6 Å². The molecule has 0 saturated carbocycles. The molecule has 0 aromatic carbocycles. The van der Waals surface area contributed by atoms with E-state index < -0.39 is 51.6 Å². The van der Waals surface area contributed by atoms with Crippen LogP contribution in [0.15, 0.2) is 42.9 Å². The van der Waals surface area contributed by atoms with Gasteiger partial charge in [-0.25, -0.2) is 4.98 Å². The second kappa shape index (κ2) is 9.00. The number of hydrogen-bond donors (Lipinski definition) is 1. The van der Waals surface area contributed by atoms with Crippen LogP contribution in [0.5, 0.6) is 0 Å². The Morgan fingerprint density at radius 2 is 1.74 bits per heavy atom. The molecule has 0 saturated heterocycles. The molecule has 3 rings (SSSR count). The van der Waals surface area contributed by atoms with Crippen molar-refractivity contribution in [2.24, 2.45) is 0 Å². The number of nitrogens with two attached hydrogens (primary N) is 1. The Morgan fingerprint density at radius 1 is 1.13 bits per heavy atom. The molecular formula is C17H9ClF6N6O. The number of carbonyl (C=O) groups excluding carboxylic acids is 1. The molecule has 2 N–H and O–H groups in total. The van der Waals surface area contributed by atoms with Gasteiger partial charge in [0.2, 0.25) is 0 Å². The summed E-state index contributed by atoms with van der Waals surface area (Å²) in [5.41, 5.74) is 1.97. The molecule has 0 amide bonds. The average Bonchev–Trinajstić information content (AvgIpc) is 3.03. The van der Waals surface area contributed by atoms with E-state index in [1.54, 1.807) is 12.4 Å². The zero-order valence-electron chi connectivity index (χ0n) is 14.9. The highest BCUT2D eigenvalue weighted by Gasteiger charge is 2.43. The van der Waals surface area contributed by atoms with Crippen molar-refractivity contribution in [3.8, 4) is 11.9 Å². The number of ketones is 1. The van der Waals surface area contributed by atoms with E-state index in [9.17, 15) is 31.1 Å². The summed E-state index contributed by atoms with van der Waals surface area (Å²) in [4.78, 5) is 18.5. The summed E-state index contributed by atoms with van der Waals surface area (Å²) in [5.74, 6) is -3.95. The number of carbonyl (C=O) groups is 1. The minimum absolute atomic E-state index is 0.347. The van der Waals surface area contributed by atoms with E-state index in [0.29, 0.717) is 16.9 Å². The third kappa shape index (κ3) is 5.48. The molecule has 0 aliphatic carbocycles. The molecule has 3 aromatic rings. The smallest absolute Gasteiger partial charge is 0.383 e. The number of pyridine rings is 2. The maximum absolute atomic E-state index is 12.6. The van der Waals surface area contributed by atoms with Crippen molar-refractivity contribution in [2.75, 3.05) is 5.73 Å². The summed E-state index contributed by atoms with van der Waals surface area (Å²) in [6, 6.07) is 7.41. The first-order valence-corrected chi connectivity index (χ1v) is 8.24. The summed E-state index contributed by atoms with van der Waals surface area (Å²) < 4.78 is 75.9. The molecule has 14 heteroatoms. The molecule has 3 aromatic heterocycles. The molecule has 0 unspecified atom stereocenters.